The number of pyridine rings is 1. The summed E-state index contributed by atoms with van der Waals surface area (Å²) in [7, 11) is 3.58. The molecule has 0 bridgehead atoms. The number of aryl methyl sites for hydroxylation is 1. The Morgan fingerprint density at radius 3 is 2.82 bits per heavy atom. The molecular weight excluding hydrogens is 282 g/mol. The predicted molar refractivity (Wildman–Crippen MR) is 70.1 cm³/mol. The molecule has 0 saturated carbocycles. The average molecular weight is 294 g/mol. The van der Waals surface area contributed by atoms with Crippen LogP contribution in [0.25, 0.3) is 0 Å². The molecule has 0 N–H and O–H groups in total. The molecule has 5 heteroatoms. The molecule has 2 aromatic heterocycles. The summed E-state index contributed by atoms with van der Waals surface area (Å²) in [6.45, 7) is 0. The van der Waals surface area contributed by atoms with Crippen molar-refractivity contribution in [2.24, 2.45) is 7.05 Å². The van der Waals surface area contributed by atoms with E-state index in [0.717, 1.165) is 10.2 Å². The van der Waals surface area contributed by atoms with Crippen molar-refractivity contribution in [2.75, 3.05) is 11.9 Å². The van der Waals surface area contributed by atoms with Gasteiger partial charge in [0.1, 0.15) is 5.69 Å². The number of nitrogens with zero attached hydrogens (tertiary/aromatic N) is 3. The first-order valence-electron chi connectivity index (χ1n) is 5.09. The zero-order chi connectivity index (χ0) is 12.4. The molecule has 0 aromatic carbocycles. The van der Waals surface area contributed by atoms with Crippen molar-refractivity contribution >= 4 is 27.5 Å². The lowest BCUT2D eigenvalue weighted by atomic mass is 10.3. The van der Waals surface area contributed by atoms with Crippen molar-refractivity contribution in [3.8, 4) is 0 Å². The van der Waals surface area contributed by atoms with Crippen LogP contribution in [-0.2, 0) is 7.05 Å². The fourth-order valence-electron chi connectivity index (χ4n) is 1.58. The van der Waals surface area contributed by atoms with E-state index in [1.807, 2.05) is 19.3 Å². The van der Waals surface area contributed by atoms with E-state index in [-0.39, 0.29) is 5.91 Å². The van der Waals surface area contributed by atoms with Crippen molar-refractivity contribution in [1.29, 1.82) is 0 Å². The lowest BCUT2D eigenvalue weighted by Gasteiger charge is -2.16. The highest BCUT2D eigenvalue weighted by atomic mass is 79.9. The third-order valence-corrected chi connectivity index (χ3v) is 2.96. The highest BCUT2D eigenvalue weighted by Crippen LogP contribution is 2.18. The lowest BCUT2D eigenvalue weighted by Crippen LogP contribution is -2.27. The fraction of sp³-hybridized carbons (Fsp3) is 0.167. The Hall–Kier alpha value is -1.62. The van der Waals surface area contributed by atoms with Gasteiger partial charge in [0.2, 0.25) is 0 Å². The van der Waals surface area contributed by atoms with E-state index in [0.29, 0.717) is 5.69 Å². The molecule has 0 saturated heterocycles. The highest BCUT2D eigenvalue weighted by Gasteiger charge is 2.16. The van der Waals surface area contributed by atoms with Gasteiger partial charge in [0.25, 0.3) is 5.91 Å². The Morgan fingerprint density at radius 1 is 1.53 bits per heavy atom. The van der Waals surface area contributed by atoms with Gasteiger partial charge in [0.15, 0.2) is 0 Å². The summed E-state index contributed by atoms with van der Waals surface area (Å²) in [4.78, 5) is 17.8. The molecular formula is C12H12BrN3O. The zero-order valence-electron chi connectivity index (χ0n) is 9.59. The second-order valence-corrected chi connectivity index (χ2v) is 4.65. The molecule has 2 rings (SSSR count). The van der Waals surface area contributed by atoms with Crippen LogP contribution in [0.2, 0.25) is 0 Å². The Bertz CT molecular complexity index is 536. The van der Waals surface area contributed by atoms with Gasteiger partial charge in [-0.3, -0.25) is 9.78 Å². The Morgan fingerprint density at radius 2 is 2.29 bits per heavy atom. The predicted octanol–water partition coefficient (Wildman–Crippen LogP) is 2.46. The molecule has 0 atom stereocenters. The fourth-order valence-corrected chi connectivity index (χ4v) is 2.10. The molecule has 0 fully saturated rings. The number of halogens is 1. The van der Waals surface area contributed by atoms with E-state index in [2.05, 4.69) is 20.9 Å². The van der Waals surface area contributed by atoms with Crippen LogP contribution in [0, 0.1) is 0 Å². The van der Waals surface area contributed by atoms with Crippen molar-refractivity contribution in [2.45, 2.75) is 0 Å². The van der Waals surface area contributed by atoms with Gasteiger partial charge in [0.05, 0.1) is 11.9 Å². The SMILES string of the molecule is CN(C(=O)c1cc(Br)cn1C)c1cccnc1. The van der Waals surface area contributed by atoms with E-state index in [9.17, 15) is 4.79 Å². The van der Waals surface area contributed by atoms with Gasteiger partial charge < -0.3 is 9.47 Å². The summed E-state index contributed by atoms with van der Waals surface area (Å²) in [5.74, 6) is -0.0637. The van der Waals surface area contributed by atoms with Crippen molar-refractivity contribution in [1.82, 2.24) is 9.55 Å². The average Bonchev–Trinajstić information content (AvgIpc) is 2.68. The maximum Gasteiger partial charge on any atom is 0.274 e. The van der Waals surface area contributed by atoms with Crippen molar-refractivity contribution in [3.63, 3.8) is 0 Å². The molecule has 0 radical (unpaired) electrons. The number of hydrogen-bond donors (Lipinski definition) is 0. The van der Waals surface area contributed by atoms with Crippen LogP contribution in [0.3, 0.4) is 0 Å². The molecule has 0 aliphatic carbocycles. The normalized spacial score (nSPS) is 10.3. The summed E-state index contributed by atoms with van der Waals surface area (Å²) in [5, 5.41) is 0. The number of anilines is 1. The van der Waals surface area contributed by atoms with Gasteiger partial charge in [-0.1, -0.05) is 0 Å². The van der Waals surface area contributed by atoms with Crippen LogP contribution >= 0.6 is 15.9 Å². The third kappa shape index (κ3) is 2.39. The van der Waals surface area contributed by atoms with Crippen LogP contribution in [0.1, 0.15) is 10.5 Å². The van der Waals surface area contributed by atoms with E-state index in [1.165, 1.54) is 0 Å². The maximum atomic E-state index is 12.2. The minimum atomic E-state index is -0.0637. The minimum Gasteiger partial charge on any atom is -0.345 e. The quantitative estimate of drug-likeness (QED) is 0.853. The first kappa shape index (κ1) is 11.9. The standard InChI is InChI=1S/C12H12BrN3O/c1-15-8-9(13)6-11(15)12(17)16(2)10-4-3-5-14-7-10/h3-8H,1-2H3. The van der Waals surface area contributed by atoms with Gasteiger partial charge in [0, 0.05) is 31.0 Å². The number of carbonyl (C=O) groups excluding carboxylic acids is 1. The van der Waals surface area contributed by atoms with Crippen LogP contribution in [0.15, 0.2) is 41.3 Å². The summed E-state index contributed by atoms with van der Waals surface area (Å²) in [5.41, 5.74) is 1.40. The third-order valence-electron chi connectivity index (χ3n) is 2.53. The summed E-state index contributed by atoms with van der Waals surface area (Å²) in [6, 6.07) is 5.46. The first-order chi connectivity index (χ1) is 8.09. The Balaban J connectivity index is 2.30. The van der Waals surface area contributed by atoms with E-state index in [1.54, 1.807) is 41.0 Å². The van der Waals surface area contributed by atoms with E-state index >= 15 is 0 Å². The Kier molecular flexibility index (Phi) is 3.28. The molecule has 17 heavy (non-hydrogen) atoms. The number of carbonyl (C=O) groups is 1. The molecule has 0 spiro atoms. The summed E-state index contributed by atoms with van der Waals surface area (Å²) >= 11 is 3.35. The molecule has 0 unspecified atom stereocenters. The molecule has 0 aliphatic heterocycles. The summed E-state index contributed by atoms with van der Waals surface area (Å²) in [6.07, 6.45) is 5.20. The maximum absolute atomic E-state index is 12.2. The number of amides is 1. The lowest BCUT2D eigenvalue weighted by molar-refractivity contribution is 0.0985. The highest BCUT2D eigenvalue weighted by molar-refractivity contribution is 9.10. The van der Waals surface area contributed by atoms with Crippen LogP contribution < -0.4 is 4.90 Å². The number of rotatable bonds is 2. The minimum absolute atomic E-state index is 0.0637. The summed E-state index contributed by atoms with van der Waals surface area (Å²) < 4.78 is 2.68. The largest absolute Gasteiger partial charge is 0.345 e. The van der Waals surface area contributed by atoms with Crippen molar-refractivity contribution < 1.29 is 4.79 Å². The van der Waals surface area contributed by atoms with Gasteiger partial charge in [-0.15, -0.1) is 0 Å². The van der Waals surface area contributed by atoms with E-state index < -0.39 is 0 Å². The first-order valence-corrected chi connectivity index (χ1v) is 5.89. The van der Waals surface area contributed by atoms with Crippen LogP contribution in [0.5, 0.6) is 0 Å². The van der Waals surface area contributed by atoms with Crippen LogP contribution in [-0.4, -0.2) is 22.5 Å². The molecule has 1 amide bonds. The van der Waals surface area contributed by atoms with Gasteiger partial charge in [-0.2, -0.15) is 0 Å². The van der Waals surface area contributed by atoms with Gasteiger partial charge in [-0.05, 0) is 34.1 Å². The molecule has 2 heterocycles. The van der Waals surface area contributed by atoms with Crippen molar-refractivity contribution in [3.05, 3.63) is 47.0 Å². The van der Waals surface area contributed by atoms with Gasteiger partial charge >= 0.3 is 0 Å². The molecule has 2 aromatic rings. The molecule has 4 nitrogen and oxygen atoms in total. The Labute approximate surface area is 108 Å². The zero-order valence-corrected chi connectivity index (χ0v) is 11.2. The van der Waals surface area contributed by atoms with Gasteiger partial charge in [-0.25, -0.2) is 0 Å². The second-order valence-electron chi connectivity index (χ2n) is 3.73. The van der Waals surface area contributed by atoms with Crippen LogP contribution in [0.4, 0.5) is 5.69 Å². The molecule has 88 valence electrons. The second kappa shape index (κ2) is 4.71. The smallest absolute Gasteiger partial charge is 0.274 e. The topological polar surface area (TPSA) is 38.1 Å². The number of hydrogen-bond acceptors (Lipinski definition) is 2. The molecule has 0 aliphatic rings. The monoisotopic (exact) mass is 293 g/mol. The van der Waals surface area contributed by atoms with E-state index in [4.69, 9.17) is 0 Å². The number of aromatic nitrogens is 2.